The third kappa shape index (κ3) is 4.26. The largest absolute Gasteiger partial charge is 0.468 e. The lowest BCUT2D eigenvalue weighted by molar-refractivity contribution is -0.120. The molecular weight excluding hydrogens is 323 g/mol. The van der Waals surface area contributed by atoms with E-state index in [0.29, 0.717) is 22.2 Å². The van der Waals surface area contributed by atoms with Crippen LogP contribution in [0.15, 0.2) is 41.0 Å². The summed E-state index contributed by atoms with van der Waals surface area (Å²) in [6.45, 7) is 0.446. The molecule has 1 amide bonds. The third-order valence-electron chi connectivity index (χ3n) is 3.39. The smallest absolute Gasteiger partial charge is 0.224 e. The summed E-state index contributed by atoms with van der Waals surface area (Å²) in [6, 6.07) is 8.90. The van der Waals surface area contributed by atoms with Gasteiger partial charge in [-0.1, -0.05) is 29.3 Å². The first kappa shape index (κ1) is 16.9. The molecule has 1 aromatic carbocycles. The number of nitrogens with one attached hydrogen (secondary N) is 1. The van der Waals surface area contributed by atoms with Gasteiger partial charge in [0.15, 0.2) is 0 Å². The molecule has 6 heteroatoms. The van der Waals surface area contributed by atoms with Gasteiger partial charge in [-0.25, -0.2) is 0 Å². The summed E-state index contributed by atoms with van der Waals surface area (Å²) in [5.74, 6) is 0.675. The predicted octanol–water partition coefficient (Wildman–Crippen LogP) is 3.55. The van der Waals surface area contributed by atoms with Crippen LogP contribution >= 0.6 is 23.2 Å². The van der Waals surface area contributed by atoms with Crippen molar-refractivity contribution in [3.63, 3.8) is 0 Å². The molecule has 1 atom stereocenters. The molecule has 1 N–H and O–H groups in total. The Hall–Kier alpha value is -1.49. The zero-order valence-electron chi connectivity index (χ0n) is 12.5. The van der Waals surface area contributed by atoms with Gasteiger partial charge in [0, 0.05) is 16.6 Å². The number of rotatable bonds is 6. The van der Waals surface area contributed by atoms with E-state index in [4.69, 9.17) is 27.6 Å². The Morgan fingerprint density at radius 1 is 1.23 bits per heavy atom. The SMILES string of the molecule is CN(C)[C@H](CNC(=O)Cc1c(Cl)cccc1Cl)c1ccco1. The van der Waals surface area contributed by atoms with Gasteiger partial charge in [0.25, 0.3) is 0 Å². The summed E-state index contributed by atoms with van der Waals surface area (Å²) in [5, 5.41) is 3.89. The van der Waals surface area contributed by atoms with Crippen molar-refractivity contribution in [2.45, 2.75) is 12.5 Å². The normalized spacial score (nSPS) is 12.4. The Bertz CT molecular complexity index is 607. The molecule has 0 spiro atoms. The highest BCUT2D eigenvalue weighted by molar-refractivity contribution is 6.36. The number of benzene rings is 1. The Morgan fingerprint density at radius 2 is 1.91 bits per heavy atom. The molecule has 0 radical (unpaired) electrons. The summed E-state index contributed by atoms with van der Waals surface area (Å²) in [4.78, 5) is 14.1. The molecule has 0 aliphatic rings. The van der Waals surface area contributed by atoms with E-state index in [1.807, 2.05) is 31.1 Å². The van der Waals surface area contributed by atoms with E-state index in [2.05, 4.69) is 5.32 Å². The quantitative estimate of drug-likeness (QED) is 0.874. The second-order valence-corrected chi connectivity index (χ2v) is 5.99. The van der Waals surface area contributed by atoms with Crippen LogP contribution in [-0.2, 0) is 11.2 Å². The molecule has 0 fully saturated rings. The molecule has 2 rings (SSSR count). The van der Waals surface area contributed by atoms with E-state index in [0.717, 1.165) is 5.76 Å². The maximum absolute atomic E-state index is 12.1. The Kier molecular flexibility index (Phi) is 5.89. The van der Waals surface area contributed by atoms with Crippen molar-refractivity contribution < 1.29 is 9.21 Å². The highest BCUT2D eigenvalue weighted by Crippen LogP contribution is 2.24. The number of amides is 1. The minimum atomic E-state index is -0.131. The fourth-order valence-electron chi connectivity index (χ4n) is 2.15. The fraction of sp³-hybridized carbons (Fsp3) is 0.312. The van der Waals surface area contributed by atoms with Crippen molar-refractivity contribution in [1.82, 2.24) is 10.2 Å². The van der Waals surface area contributed by atoms with Gasteiger partial charge in [-0.3, -0.25) is 9.69 Å². The van der Waals surface area contributed by atoms with Crippen LogP contribution in [0.2, 0.25) is 10.0 Å². The second-order valence-electron chi connectivity index (χ2n) is 5.18. The van der Waals surface area contributed by atoms with Gasteiger partial charge < -0.3 is 9.73 Å². The Morgan fingerprint density at radius 3 is 2.45 bits per heavy atom. The molecule has 0 unspecified atom stereocenters. The van der Waals surface area contributed by atoms with E-state index < -0.39 is 0 Å². The summed E-state index contributed by atoms with van der Waals surface area (Å²) in [5.41, 5.74) is 0.641. The van der Waals surface area contributed by atoms with Gasteiger partial charge >= 0.3 is 0 Å². The van der Waals surface area contributed by atoms with E-state index in [1.165, 1.54) is 0 Å². The number of furan rings is 1. The average Bonchev–Trinajstić information content (AvgIpc) is 2.97. The standard InChI is InChI=1S/C16H18Cl2N2O2/c1-20(2)14(15-7-4-8-22-15)10-19-16(21)9-11-12(17)5-3-6-13(11)18/h3-8,14H,9-10H2,1-2H3,(H,19,21)/t14-/m1/s1. The van der Waals surface area contributed by atoms with Gasteiger partial charge in [-0.2, -0.15) is 0 Å². The minimum absolute atomic E-state index is 0.0272. The maximum Gasteiger partial charge on any atom is 0.224 e. The van der Waals surface area contributed by atoms with Crippen LogP contribution in [0, 0.1) is 0 Å². The van der Waals surface area contributed by atoms with Crippen LogP contribution < -0.4 is 5.32 Å². The number of carbonyl (C=O) groups excluding carboxylic acids is 1. The van der Waals surface area contributed by atoms with Gasteiger partial charge in [0.2, 0.25) is 5.91 Å². The molecule has 4 nitrogen and oxygen atoms in total. The van der Waals surface area contributed by atoms with E-state index >= 15 is 0 Å². The number of nitrogens with zero attached hydrogens (tertiary/aromatic N) is 1. The molecular formula is C16H18Cl2N2O2. The molecule has 0 saturated heterocycles. The summed E-state index contributed by atoms with van der Waals surface area (Å²) in [6.07, 6.45) is 1.77. The monoisotopic (exact) mass is 340 g/mol. The summed E-state index contributed by atoms with van der Waals surface area (Å²) in [7, 11) is 3.87. The van der Waals surface area contributed by atoms with Crippen molar-refractivity contribution in [3.8, 4) is 0 Å². The minimum Gasteiger partial charge on any atom is -0.468 e. The van der Waals surface area contributed by atoms with Gasteiger partial charge in [-0.15, -0.1) is 0 Å². The third-order valence-corrected chi connectivity index (χ3v) is 4.09. The van der Waals surface area contributed by atoms with Crippen molar-refractivity contribution >= 4 is 29.1 Å². The molecule has 22 heavy (non-hydrogen) atoms. The lowest BCUT2D eigenvalue weighted by Gasteiger charge is -2.22. The molecule has 0 saturated carbocycles. The summed E-state index contributed by atoms with van der Waals surface area (Å²) >= 11 is 12.2. The van der Waals surface area contributed by atoms with Crippen LogP contribution in [0.25, 0.3) is 0 Å². The molecule has 2 aromatic rings. The van der Waals surface area contributed by atoms with Crippen LogP contribution in [0.5, 0.6) is 0 Å². The van der Waals surface area contributed by atoms with Gasteiger partial charge in [0.05, 0.1) is 18.7 Å². The molecule has 0 aliphatic carbocycles. The lowest BCUT2D eigenvalue weighted by atomic mass is 10.1. The topological polar surface area (TPSA) is 45.5 Å². The zero-order chi connectivity index (χ0) is 16.1. The number of carbonyl (C=O) groups is 1. The molecule has 0 bridgehead atoms. The number of likely N-dealkylation sites (N-methyl/N-ethyl adjacent to an activating group) is 1. The zero-order valence-corrected chi connectivity index (χ0v) is 14.0. The molecule has 1 heterocycles. The highest BCUT2D eigenvalue weighted by Gasteiger charge is 2.18. The van der Waals surface area contributed by atoms with Crippen molar-refractivity contribution in [2.75, 3.05) is 20.6 Å². The Balaban J connectivity index is 1.97. The van der Waals surface area contributed by atoms with Crippen LogP contribution in [0.3, 0.4) is 0 Å². The fourth-order valence-corrected chi connectivity index (χ4v) is 2.68. The van der Waals surface area contributed by atoms with Crippen molar-refractivity contribution in [2.24, 2.45) is 0 Å². The first-order valence-electron chi connectivity index (χ1n) is 6.88. The predicted molar refractivity (Wildman–Crippen MR) is 88.3 cm³/mol. The highest BCUT2D eigenvalue weighted by atomic mass is 35.5. The molecule has 1 aromatic heterocycles. The number of halogens is 2. The van der Waals surface area contributed by atoms with E-state index in [-0.39, 0.29) is 18.4 Å². The lowest BCUT2D eigenvalue weighted by Crippen LogP contribution is -2.35. The first-order chi connectivity index (χ1) is 10.5. The average molecular weight is 341 g/mol. The second kappa shape index (κ2) is 7.68. The molecule has 0 aliphatic heterocycles. The van der Waals surface area contributed by atoms with Crippen LogP contribution in [-0.4, -0.2) is 31.4 Å². The van der Waals surface area contributed by atoms with Gasteiger partial charge in [0.1, 0.15) is 5.76 Å². The van der Waals surface area contributed by atoms with Gasteiger partial charge in [-0.05, 0) is 43.9 Å². The van der Waals surface area contributed by atoms with Crippen LogP contribution in [0.1, 0.15) is 17.4 Å². The number of hydrogen-bond acceptors (Lipinski definition) is 3. The summed E-state index contributed by atoms with van der Waals surface area (Å²) < 4.78 is 5.41. The van der Waals surface area contributed by atoms with Crippen molar-refractivity contribution in [3.05, 3.63) is 58.0 Å². The van der Waals surface area contributed by atoms with Crippen LogP contribution in [0.4, 0.5) is 0 Å². The Labute approximate surface area is 140 Å². The van der Waals surface area contributed by atoms with Crippen molar-refractivity contribution in [1.29, 1.82) is 0 Å². The molecule has 118 valence electrons. The first-order valence-corrected chi connectivity index (χ1v) is 7.64. The number of hydrogen-bond donors (Lipinski definition) is 1. The van der Waals surface area contributed by atoms with E-state index in [1.54, 1.807) is 24.5 Å². The maximum atomic E-state index is 12.1. The van der Waals surface area contributed by atoms with E-state index in [9.17, 15) is 4.79 Å².